The van der Waals surface area contributed by atoms with Gasteiger partial charge in [-0.3, -0.25) is 0 Å². The minimum atomic E-state index is -4.07. The lowest BCUT2D eigenvalue weighted by atomic mass is 10.2. The third-order valence-corrected chi connectivity index (χ3v) is 8.69. The molecule has 0 saturated heterocycles. The van der Waals surface area contributed by atoms with Gasteiger partial charge >= 0.3 is 0 Å². The number of halogens is 2. The summed E-state index contributed by atoms with van der Waals surface area (Å²) < 4.78 is 89.2. The van der Waals surface area contributed by atoms with Crippen molar-refractivity contribution in [2.24, 2.45) is 5.14 Å². The number of rotatable bonds is 11. The van der Waals surface area contributed by atoms with Crippen LogP contribution in [0.15, 0.2) is 70.7 Å². The molecule has 0 unspecified atom stereocenters. The van der Waals surface area contributed by atoms with Crippen molar-refractivity contribution in [2.45, 2.75) is 62.9 Å². The molecule has 2 aromatic heterocycles. The molecule has 2 N–H and O–H groups in total. The molecule has 0 aliphatic heterocycles. The highest BCUT2D eigenvalue weighted by Gasteiger charge is 2.29. The average molecular weight is 655 g/mol. The zero-order chi connectivity index (χ0) is 32.8. The molecule has 0 aliphatic carbocycles. The van der Waals surface area contributed by atoms with E-state index in [0.717, 1.165) is 32.6 Å². The van der Waals surface area contributed by atoms with E-state index in [1.807, 2.05) is 0 Å². The second-order valence-corrected chi connectivity index (χ2v) is 13.6. The molecule has 0 atom stereocenters. The van der Waals surface area contributed by atoms with Crippen molar-refractivity contribution in [1.29, 1.82) is 0 Å². The van der Waals surface area contributed by atoms with Gasteiger partial charge in [-0.15, -0.1) is 0 Å². The van der Waals surface area contributed by atoms with Crippen LogP contribution in [0.2, 0.25) is 0 Å². The van der Waals surface area contributed by atoms with E-state index in [2.05, 4.69) is 10.2 Å². The summed E-state index contributed by atoms with van der Waals surface area (Å²) in [5.41, 5.74) is 1.53. The number of primary sulfonamides is 1. The van der Waals surface area contributed by atoms with Gasteiger partial charge in [0.1, 0.15) is 11.5 Å². The van der Waals surface area contributed by atoms with Crippen LogP contribution in [-0.2, 0) is 33.1 Å². The summed E-state index contributed by atoms with van der Waals surface area (Å²) in [5.74, 6) is -0.0569. The summed E-state index contributed by atoms with van der Waals surface area (Å²) in [4.78, 5) is 0. The third kappa shape index (κ3) is 8.62. The molecule has 2 heterocycles. The Balaban J connectivity index is 0.000000340. The van der Waals surface area contributed by atoms with Crippen molar-refractivity contribution < 1.29 is 35.1 Å². The lowest BCUT2D eigenvalue weighted by Crippen LogP contribution is -2.30. The van der Waals surface area contributed by atoms with Crippen molar-refractivity contribution in [3.8, 4) is 11.5 Å². The molecule has 2 aromatic carbocycles. The van der Waals surface area contributed by atoms with Gasteiger partial charge in [0, 0.05) is 37.3 Å². The molecular formula is C28H36F2N6O6S2. The standard InChI is InChI=1S/C22H26FN3O4S.C6H10FN3O2S/c1-16(2)26-21(23)13-22(24-26)31(27,28)25(14-17-5-9-19(29-3)10-6-17)15-18-7-11-20(30-4)12-8-18;1-4(2)10-5(7)3-6(9-10)13(8,11)12/h5-13,16H,14-15H2,1-4H3;3-4H,1-2H3,(H2,8,11,12). The topological polar surface area (TPSA) is 152 Å². The second kappa shape index (κ2) is 14.3. The number of hydrogen-bond acceptors (Lipinski definition) is 8. The number of nitrogens with zero attached hydrogens (tertiary/aromatic N) is 5. The maximum Gasteiger partial charge on any atom is 0.263 e. The number of nitrogens with two attached hydrogens (primary N) is 1. The monoisotopic (exact) mass is 654 g/mol. The number of aromatic nitrogens is 4. The van der Waals surface area contributed by atoms with Crippen LogP contribution in [0.1, 0.15) is 50.9 Å². The van der Waals surface area contributed by atoms with E-state index < -0.39 is 37.0 Å². The summed E-state index contributed by atoms with van der Waals surface area (Å²) in [6.45, 7) is 7.02. The Morgan fingerprint density at radius 1 is 0.727 bits per heavy atom. The molecule has 0 radical (unpaired) electrons. The van der Waals surface area contributed by atoms with Gasteiger partial charge in [0.2, 0.25) is 11.9 Å². The van der Waals surface area contributed by atoms with Gasteiger partial charge in [0.05, 0.1) is 14.2 Å². The molecule has 0 bridgehead atoms. The van der Waals surface area contributed by atoms with Gasteiger partial charge in [-0.2, -0.15) is 23.3 Å². The van der Waals surface area contributed by atoms with Crippen LogP contribution in [0.3, 0.4) is 0 Å². The van der Waals surface area contributed by atoms with E-state index >= 15 is 0 Å². The van der Waals surface area contributed by atoms with E-state index in [0.29, 0.717) is 11.5 Å². The van der Waals surface area contributed by atoms with Crippen LogP contribution in [-0.4, -0.2) is 54.9 Å². The van der Waals surface area contributed by atoms with E-state index in [1.165, 1.54) is 4.31 Å². The largest absolute Gasteiger partial charge is 0.497 e. The first-order chi connectivity index (χ1) is 20.6. The van der Waals surface area contributed by atoms with Crippen LogP contribution < -0.4 is 14.6 Å². The van der Waals surface area contributed by atoms with Gasteiger partial charge < -0.3 is 9.47 Å². The Labute approximate surface area is 256 Å². The molecule has 0 spiro atoms. The molecule has 4 rings (SSSR count). The number of ether oxygens (including phenoxy) is 2. The summed E-state index contributed by atoms with van der Waals surface area (Å²) >= 11 is 0. The molecule has 0 fully saturated rings. The van der Waals surface area contributed by atoms with Crippen LogP contribution in [0.5, 0.6) is 11.5 Å². The number of methoxy groups -OCH3 is 2. The van der Waals surface area contributed by atoms with Crippen LogP contribution in [0.4, 0.5) is 8.78 Å². The van der Waals surface area contributed by atoms with Crippen molar-refractivity contribution in [3.05, 3.63) is 83.7 Å². The lowest BCUT2D eigenvalue weighted by Gasteiger charge is -2.21. The summed E-state index contributed by atoms with van der Waals surface area (Å²) in [7, 11) is -4.85. The van der Waals surface area contributed by atoms with Gasteiger partial charge in [-0.25, -0.2) is 31.3 Å². The molecule has 0 amide bonds. The Bertz CT molecular complexity index is 1710. The molecule has 0 saturated carbocycles. The maximum atomic E-state index is 14.3. The lowest BCUT2D eigenvalue weighted by molar-refractivity contribution is 0.391. The smallest absolute Gasteiger partial charge is 0.263 e. The van der Waals surface area contributed by atoms with Crippen molar-refractivity contribution >= 4 is 20.0 Å². The van der Waals surface area contributed by atoms with E-state index in [9.17, 15) is 25.6 Å². The first-order valence-electron chi connectivity index (χ1n) is 13.4. The third-order valence-electron chi connectivity index (χ3n) is 6.25. The molecule has 12 nitrogen and oxygen atoms in total. The predicted molar refractivity (Wildman–Crippen MR) is 159 cm³/mol. The fraction of sp³-hybridized carbons (Fsp3) is 0.357. The minimum Gasteiger partial charge on any atom is -0.497 e. The highest BCUT2D eigenvalue weighted by atomic mass is 32.2. The SMILES string of the molecule is CC(C)n1nc(S(N)(=O)=O)cc1F.COc1ccc(CN(Cc2ccc(OC)cc2)S(=O)(=O)c2cc(F)n(C(C)C)n2)cc1. The summed E-state index contributed by atoms with van der Waals surface area (Å²) in [6, 6.07) is 15.5. The average Bonchev–Trinajstić information content (AvgIpc) is 3.57. The van der Waals surface area contributed by atoms with Crippen molar-refractivity contribution in [2.75, 3.05) is 14.2 Å². The zero-order valence-corrected chi connectivity index (χ0v) is 26.8. The molecule has 240 valence electrons. The normalized spacial score (nSPS) is 12.0. The van der Waals surface area contributed by atoms with Crippen LogP contribution >= 0.6 is 0 Å². The maximum absolute atomic E-state index is 14.3. The summed E-state index contributed by atoms with van der Waals surface area (Å²) in [5, 5.41) is 11.5. The molecule has 0 aliphatic rings. The summed E-state index contributed by atoms with van der Waals surface area (Å²) in [6.07, 6.45) is 0. The van der Waals surface area contributed by atoms with Crippen LogP contribution in [0, 0.1) is 11.9 Å². The highest BCUT2D eigenvalue weighted by molar-refractivity contribution is 7.89. The highest BCUT2D eigenvalue weighted by Crippen LogP contribution is 2.24. The van der Waals surface area contributed by atoms with Gasteiger partial charge in [0.25, 0.3) is 20.0 Å². The van der Waals surface area contributed by atoms with Crippen molar-refractivity contribution in [1.82, 2.24) is 23.9 Å². The number of benzene rings is 2. The second-order valence-electron chi connectivity index (χ2n) is 10.2. The Morgan fingerprint density at radius 3 is 1.39 bits per heavy atom. The Kier molecular flexibility index (Phi) is 11.2. The number of hydrogen-bond donors (Lipinski definition) is 1. The molecule has 4 aromatic rings. The predicted octanol–water partition coefficient (Wildman–Crippen LogP) is 4.26. The molecular weight excluding hydrogens is 618 g/mol. The fourth-order valence-electron chi connectivity index (χ4n) is 3.92. The Morgan fingerprint density at radius 2 is 1.09 bits per heavy atom. The van der Waals surface area contributed by atoms with Crippen molar-refractivity contribution in [3.63, 3.8) is 0 Å². The van der Waals surface area contributed by atoms with E-state index in [4.69, 9.17) is 14.6 Å². The first-order valence-corrected chi connectivity index (χ1v) is 16.3. The quantitative estimate of drug-likeness (QED) is 0.252. The van der Waals surface area contributed by atoms with E-state index in [1.54, 1.807) is 90.4 Å². The number of sulfonamides is 2. The Hall–Kier alpha value is -3.86. The first kappa shape index (κ1) is 34.6. The van der Waals surface area contributed by atoms with Gasteiger partial charge in [-0.05, 0) is 63.1 Å². The molecule has 44 heavy (non-hydrogen) atoms. The van der Waals surface area contributed by atoms with E-state index in [-0.39, 0.29) is 30.2 Å². The van der Waals surface area contributed by atoms with Gasteiger partial charge in [0.15, 0.2) is 10.1 Å². The fourth-order valence-corrected chi connectivity index (χ4v) is 5.72. The van der Waals surface area contributed by atoms with Crippen LogP contribution in [0.25, 0.3) is 0 Å². The van der Waals surface area contributed by atoms with Gasteiger partial charge in [-0.1, -0.05) is 24.3 Å². The zero-order valence-electron chi connectivity index (χ0n) is 25.2. The minimum absolute atomic E-state index is 0.0918. The molecule has 16 heteroatoms.